The zero-order valence-electron chi connectivity index (χ0n) is 14.8. The molecule has 138 valence electrons. The normalized spacial score (nSPS) is 10.9. The minimum atomic E-state index is -1.26. The number of hydrogen-bond donors (Lipinski definition) is 0. The summed E-state index contributed by atoms with van der Waals surface area (Å²) >= 11 is 0. The van der Waals surface area contributed by atoms with E-state index < -0.39 is 5.97 Å². The molecule has 0 bridgehead atoms. The summed E-state index contributed by atoms with van der Waals surface area (Å²) in [5, 5.41) is 20.2. The van der Waals surface area contributed by atoms with Gasteiger partial charge in [-0.15, -0.1) is 0 Å². The number of aromatic carboxylic acids is 1. The number of carboxylic acids is 1. The van der Waals surface area contributed by atoms with Crippen LogP contribution in [0.15, 0.2) is 72.8 Å². The van der Waals surface area contributed by atoms with Crippen molar-refractivity contribution < 1.29 is 19.0 Å². The second-order valence-electron chi connectivity index (χ2n) is 6.02. The number of carbonyl (C=O) groups excluding carboxylic acids is 1. The van der Waals surface area contributed by atoms with Crippen molar-refractivity contribution in [2.45, 2.75) is 6.61 Å². The zero-order valence-corrected chi connectivity index (χ0v) is 14.8. The lowest BCUT2D eigenvalue weighted by molar-refractivity contribution is -0.255. The van der Waals surface area contributed by atoms with E-state index in [2.05, 4.69) is 6.07 Å². The molecule has 3 aromatic carbocycles. The molecule has 3 rings (SSSR count). The average Bonchev–Trinajstić information content (AvgIpc) is 2.71. The van der Waals surface area contributed by atoms with Gasteiger partial charge in [0.1, 0.15) is 18.2 Å². The Bertz CT molecular complexity index is 1050. The van der Waals surface area contributed by atoms with Crippen molar-refractivity contribution in [3.63, 3.8) is 0 Å². The summed E-state index contributed by atoms with van der Waals surface area (Å²) in [6.07, 6.45) is 1.70. The molecule has 0 fully saturated rings. The van der Waals surface area contributed by atoms with Crippen LogP contribution in [0.25, 0.3) is 11.6 Å². The molecule has 28 heavy (non-hydrogen) atoms. The number of nitriles is 1. The van der Waals surface area contributed by atoms with E-state index in [0.29, 0.717) is 16.9 Å². The first-order valence-electron chi connectivity index (χ1n) is 8.46. The molecule has 0 heterocycles. The van der Waals surface area contributed by atoms with Crippen LogP contribution >= 0.6 is 0 Å². The first-order chi connectivity index (χ1) is 13.5. The summed E-state index contributed by atoms with van der Waals surface area (Å²) in [4.78, 5) is 10.8. The van der Waals surface area contributed by atoms with E-state index in [0.717, 1.165) is 11.1 Å². The van der Waals surface area contributed by atoms with Gasteiger partial charge in [-0.05, 0) is 52.6 Å². The molecule has 0 aromatic heterocycles. The fourth-order valence-corrected chi connectivity index (χ4v) is 2.59. The lowest BCUT2D eigenvalue weighted by Gasteiger charge is -2.07. The van der Waals surface area contributed by atoms with Gasteiger partial charge in [-0.3, -0.25) is 0 Å². The van der Waals surface area contributed by atoms with Crippen LogP contribution < -0.4 is 9.84 Å². The predicted octanol–water partition coefficient (Wildman–Crippen LogP) is 3.83. The van der Waals surface area contributed by atoms with Gasteiger partial charge in [0.2, 0.25) is 0 Å². The van der Waals surface area contributed by atoms with Crippen LogP contribution in [-0.2, 0) is 6.61 Å². The number of halogens is 1. The quantitative estimate of drug-likeness (QED) is 0.487. The third kappa shape index (κ3) is 4.83. The van der Waals surface area contributed by atoms with Crippen molar-refractivity contribution in [1.29, 1.82) is 5.26 Å². The molecule has 0 radical (unpaired) electrons. The fraction of sp³-hybridized carbons (Fsp3) is 0.0435. The molecular formula is C23H15FNO3-. The highest BCUT2D eigenvalue weighted by Crippen LogP contribution is 2.21. The SMILES string of the molecule is N#C/C(=C\c1ccc(OCc2cccc(F)c2)cc1)c1ccc(C(=O)[O-])cc1. The first kappa shape index (κ1) is 18.9. The molecule has 0 spiro atoms. The molecule has 0 aliphatic heterocycles. The molecule has 0 aliphatic rings. The van der Waals surface area contributed by atoms with Gasteiger partial charge in [0.25, 0.3) is 0 Å². The predicted molar refractivity (Wildman–Crippen MR) is 101 cm³/mol. The third-order valence-electron chi connectivity index (χ3n) is 4.04. The minimum Gasteiger partial charge on any atom is -0.545 e. The highest BCUT2D eigenvalue weighted by Gasteiger charge is 2.03. The number of carboxylic acid groups (broad SMARTS) is 1. The van der Waals surface area contributed by atoms with Gasteiger partial charge < -0.3 is 14.6 Å². The Morgan fingerprint density at radius 2 is 1.71 bits per heavy atom. The Kier molecular flexibility index (Phi) is 5.83. The van der Waals surface area contributed by atoms with Crippen LogP contribution in [0, 0.1) is 17.1 Å². The summed E-state index contributed by atoms with van der Waals surface area (Å²) in [6, 6.07) is 21.4. The molecule has 5 heteroatoms. The molecule has 3 aromatic rings. The third-order valence-corrected chi connectivity index (χ3v) is 4.04. The summed E-state index contributed by atoms with van der Waals surface area (Å²) in [5.41, 5.74) is 2.59. The van der Waals surface area contributed by atoms with Crippen molar-refractivity contribution in [2.24, 2.45) is 0 Å². The minimum absolute atomic E-state index is 0.0563. The van der Waals surface area contributed by atoms with Crippen LogP contribution in [-0.4, -0.2) is 5.97 Å². The number of allylic oxidation sites excluding steroid dienone is 1. The maximum Gasteiger partial charge on any atom is 0.123 e. The summed E-state index contributed by atoms with van der Waals surface area (Å²) in [5.74, 6) is -0.945. The fourth-order valence-electron chi connectivity index (χ4n) is 2.59. The lowest BCUT2D eigenvalue weighted by atomic mass is 10.0. The highest BCUT2D eigenvalue weighted by atomic mass is 19.1. The van der Waals surface area contributed by atoms with Crippen molar-refractivity contribution in [2.75, 3.05) is 0 Å². The van der Waals surface area contributed by atoms with Crippen LogP contribution in [0.4, 0.5) is 4.39 Å². The van der Waals surface area contributed by atoms with Gasteiger partial charge in [-0.1, -0.05) is 48.5 Å². The summed E-state index contributed by atoms with van der Waals surface area (Å²) < 4.78 is 18.8. The molecule has 0 aliphatic carbocycles. The van der Waals surface area contributed by atoms with E-state index in [1.807, 2.05) is 0 Å². The van der Waals surface area contributed by atoms with E-state index in [-0.39, 0.29) is 18.0 Å². The zero-order chi connectivity index (χ0) is 19.9. The van der Waals surface area contributed by atoms with Crippen molar-refractivity contribution >= 4 is 17.6 Å². The number of rotatable bonds is 6. The van der Waals surface area contributed by atoms with E-state index in [4.69, 9.17) is 4.74 Å². The maximum absolute atomic E-state index is 13.2. The molecule has 0 saturated carbocycles. The van der Waals surface area contributed by atoms with E-state index in [9.17, 15) is 19.6 Å². The van der Waals surface area contributed by atoms with Crippen LogP contribution in [0.3, 0.4) is 0 Å². The van der Waals surface area contributed by atoms with Crippen molar-refractivity contribution in [3.05, 3.63) is 101 Å². The molecular weight excluding hydrogens is 357 g/mol. The van der Waals surface area contributed by atoms with Gasteiger partial charge >= 0.3 is 0 Å². The van der Waals surface area contributed by atoms with Gasteiger partial charge in [0.15, 0.2) is 0 Å². The van der Waals surface area contributed by atoms with E-state index in [1.54, 1.807) is 54.6 Å². The highest BCUT2D eigenvalue weighted by molar-refractivity contribution is 5.91. The lowest BCUT2D eigenvalue weighted by Crippen LogP contribution is -2.21. The Hall–Kier alpha value is -3.91. The molecule has 0 saturated heterocycles. The van der Waals surface area contributed by atoms with E-state index >= 15 is 0 Å². The van der Waals surface area contributed by atoms with Crippen molar-refractivity contribution in [3.8, 4) is 11.8 Å². The van der Waals surface area contributed by atoms with Gasteiger partial charge in [0.05, 0.1) is 17.6 Å². The van der Waals surface area contributed by atoms with Gasteiger partial charge in [-0.25, -0.2) is 4.39 Å². The second kappa shape index (κ2) is 8.65. The van der Waals surface area contributed by atoms with E-state index in [1.165, 1.54) is 24.3 Å². The maximum atomic E-state index is 13.2. The number of carbonyl (C=O) groups is 1. The first-order valence-corrected chi connectivity index (χ1v) is 8.46. The number of hydrogen-bond acceptors (Lipinski definition) is 4. The Labute approximate surface area is 161 Å². The second-order valence-corrected chi connectivity index (χ2v) is 6.02. The monoisotopic (exact) mass is 372 g/mol. The number of benzene rings is 3. The molecule has 0 atom stereocenters. The molecule has 0 unspecified atom stereocenters. The Balaban J connectivity index is 1.71. The molecule has 4 nitrogen and oxygen atoms in total. The largest absolute Gasteiger partial charge is 0.545 e. The molecule has 0 amide bonds. The molecule has 0 N–H and O–H groups in total. The van der Waals surface area contributed by atoms with Crippen molar-refractivity contribution in [1.82, 2.24) is 0 Å². The standard InChI is InChI=1S/C23H16FNO3/c24-21-3-1-2-17(13-21)15-28-22-10-4-16(5-11-22)12-20(14-25)18-6-8-19(9-7-18)23(26)27/h1-13H,15H2,(H,26,27)/p-1/b20-12+. The summed E-state index contributed by atoms with van der Waals surface area (Å²) in [7, 11) is 0. The van der Waals surface area contributed by atoms with Gasteiger partial charge in [-0.2, -0.15) is 5.26 Å². The Morgan fingerprint density at radius 3 is 2.32 bits per heavy atom. The average molecular weight is 372 g/mol. The summed E-state index contributed by atoms with van der Waals surface area (Å²) in [6.45, 7) is 0.251. The topological polar surface area (TPSA) is 73.1 Å². The van der Waals surface area contributed by atoms with Crippen LogP contribution in [0.1, 0.15) is 27.0 Å². The smallest absolute Gasteiger partial charge is 0.123 e. The Morgan fingerprint density at radius 1 is 1.04 bits per heavy atom. The van der Waals surface area contributed by atoms with Gasteiger partial charge in [0, 0.05) is 0 Å². The number of ether oxygens (including phenoxy) is 1. The number of nitrogens with zero attached hydrogens (tertiary/aromatic N) is 1. The van der Waals surface area contributed by atoms with Crippen LogP contribution in [0.2, 0.25) is 0 Å². The van der Waals surface area contributed by atoms with Crippen LogP contribution in [0.5, 0.6) is 5.75 Å².